The number of piperazine rings is 1. The molecule has 3 aliphatic rings. The minimum absolute atomic E-state index is 0.162. The highest BCUT2D eigenvalue weighted by Gasteiger charge is 2.33. The van der Waals surface area contributed by atoms with Gasteiger partial charge in [0.2, 0.25) is 5.91 Å². The van der Waals surface area contributed by atoms with Gasteiger partial charge in [-0.15, -0.1) is 0 Å². The lowest BCUT2D eigenvalue weighted by Gasteiger charge is -2.42. The summed E-state index contributed by atoms with van der Waals surface area (Å²) in [6.07, 6.45) is 9.59. The number of piperidine rings is 1. The van der Waals surface area contributed by atoms with Crippen LogP contribution in [0.4, 0.5) is 5.82 Å². The molecule has 0 saturated carbocycles. The van der Waals surface area contributed by atoms with E-state index in [1.54, 1.807) is 18.6 Å². The number of nitrogens with zero attached hydrogens (tertiary/aromatic N) is 5. The molecule has 1 aromatic rings. The van der Waals surface area contributed by atoms with Crippen molar-refractivity contribution in [3.05, 3.63) is 18.6 Å². The molecule has 0 spiro atoms. The van der Waals surface area contributed by atoms with Gasteiger partial charge in [-0.25, -0.2) is 4.98 Å². The van der Waals surface area contributed by atoms with E-state index in [1.165, 1.54) is 0 Å². The molecule has 0 N–H and O–H groups in total. The predicted molar refractivity (Wildman–Crippen MR) is 99.0 cm³/mol. The van der Waals surface area contributed by atoms with Crippen molar-refractivity contribution in [2.24, 2.45) is 5.92 Å². The predicted octanol–water partition coefficient (Wildman–Crippen LogP) is 1.02. The molecule has 1 amide bonds. The van der Waals surface area contributed by atoms with Crippen LogP contribution in [0.15, 0.2) is 18.6 Å². The Hall–Kier alpha value is -1.73. The fourth-order valence-electron chi connectivity index (χ4n) is 4.46. The monoisotopic (exact) mass is 359 g/mol. The molecular weight excluding hydrogens is 330 g/mol. The van der Waals surface area contributed by atoms with Gasteiger partial charge in [0.1, 0.15) is 5.82 Å². The molecule has 0 aromatic carbocycles. The maximum absolute atomic E-state index is 13.1. The lowest BCUT2D eigenvalue weighted by molar-refractivity contribution is -0.138. The van der Waals surface area contributed by atoms with Gasteiger partial charge < -0.3 is 14.5 Å². The van der Waals surface area contributed by atoms with Crippen LogP contribution in [0.2, 0.25) is 0 Å². The molecule has 7 nitrogen and oxygen atoms in total. The van der Waals surface area contributed by atoms with Crippen LogP contribution in [0, 0.1) is 5.92 Å². The van der Waals surface area contributed by atoms with Crippen LogP contribution in [0.1, 0.15) is 25.7 Å². The zero-order valence-corrected chi connectivity index (χ0v) is 15.4. The number of anilines is 1. The van der Waals surface area contributed by atoms with Gasteiger partial charge in [0, 0.05) is 64.4 Å². The third-order valence-corrected chi connectivity index (χ3v) is 5.97. The molecule has 4 rings (SSSR count). The first-order valence-electron chi connectivity index (χ1n) is 9.93. The van der Waals surface area contributed by atoms with E-state index in [1.807, 2.05) is 0 Å². The molecule has 1 unspecified atom stereocenters. The topological polar surface area (TPSA) is 61.8 Å². The van der Waals surface area contributed by atoms with Gasteiger partial charge in [0.15, 0.2) is 0 Å². The van der Waals surface area contributed by atoms with Crippen LogP contribution in [0.3, 0.4) is 0 Å². The Balaban J connectivity index is 1.30. The maximum atomic E-state index is 13.1. The minimum atomic E-state index is 0.162. The van der Waals surface area contributed by atoms with E-state index in [0.717, 1.165) is 84.0 Å². The highest BCUT2D eigenvalue weighted by Crippen LogP contribution is 2.25. The number of hydrogen-bond acceptors (Lipinski definition) is 6. The highest BCUT2D eigenvalue weighted by atomic mass is 16.5. The fraction of sp³-hybridized carbons (Fsp3) is 0.737. The Morgan fingerprint density at radius 1 is 1.04 bits per heavy atom. The van der Waals surface area contributed by atoms with E-state index < -0.39 is 0 Å². The van der Waals surface area contributed by atoms with Crippen molar-refractivity contribution < 1.29 is 9.53 Å². The number of aromatic nitrogens is 2. The van der Waals surface area contributed by atoms with E-state index in [0.29, 0.717) is 11.9 Å². The summed E-state index contributed by atoms with van der Waals surface area (Å²) in [7, 11) is 0. The van der Waals surface area contributed by atoms with Crippen LogP contribution < -0.4 is 4.90 Å². The standard InChI is InChI=1S/C19H29N5O2/c25-19(16-2-1-7-24(15-16)17-3-12-26-13-4-17)23-10-8-22(9-11-23)18-14-20-5-6-21-18/h5-6,14,16-17H,1-4,7-13,15H2. The number of carbonyl (C=O) groups is 1. The largest absolute Gasteiger partial charge is 0.381 e. The van der Waals surface area contributed by atoms with Crippen LogP contribution in [-0.4, -0.2) is 84.2 Å². The lowest BCUT2D eigenvalue weighted by Crippen LogP contribution is -2.54. The molecule has 1 aromatic heterocycles. The van der Waals surface area contributed by atoms with Gasteiger partial charge in [0.05, 0.1) is 12.1 Å². The summed E-state index contributed by atoms with van der Waals surface area (Å²) in [6, 6.07) is 0.604. The van der Waals surface area contributed by atoms with Gasteiger partial charge in [-0.2, -0.15) is 0 Å². The number of rotatable bonds is 3. The zero-order chi connectivity index (χ0) is 17.8. The molecule has 4 heterocycles. The van der Waals surface area contributed by atoms with Crippen molar-refractivity contribution in [3.63, 3.8) is 0 Å². The van der Waals surface area contributed by atoms with Crippen molar-refractivity contribution >= 4 is 11.7 Å². The van der Waals surface area contributed by atoms with Crippen molar-refractivity contribution in [2.45, 2.75) is 31.7 Å². The summed E-state index contributed by atoms with van der Waals surface area (Å²) in [5.41, 5.74) is 0. The Morgan fingerprint density at radius 2 is 1.85 bits per heavy atom. The first-order chi connectivity index (χ1) is 12.8. The van der Waals surface area contributed by atoms with Gasteiger partial charge in [-0.1, -0.05) is 0 Å². The fourth-order valence-corrected chi connectivity index (χ4v) is 4.46. The van der Waals surface area contributed by atoms with E-state index in [-0.39, 0.29) is 5.92 Å². The van der Waals surface area contributed by atoms with Crippen LogP contribution in [0.25, 0.3) is 0 Å². The summed E-state index contributed by atoms with van der Waals surface area (Å²) in [5.74, 6) is 1.41. The third-order valence-electron chi connectivity index (χ3n) is 5.97. The van der Waals surface area contributed by atoms with Crippen LogP contribution >= 0.6 is 0 Å². The Kier molecular flexibility index (Phi) is 5.65. The number of amides is 1. The third kappa shape index (κ3) is 3.99. The first-order valence-corrected chi connectivity index (χ1v) is 9.93. The van der Waals surface area contributed by atoms with Crippen molar-refractivity contribution in [1.29, 1.82) is 0 Å². The molecule has 0 aliphatic carbocycles. The Labute approximate surface area is 155 Å². The second kappa shape index (κ2) is 8.31. The van der Waals surface area contributed by atoms with E-state index in [2.05, 4.69) is 24.7 Å². The van der Waals surface area contributed by atoms with Crippen molar-refractivity contribution in [1.82, 2.24) is 19.8 Å². The summed E-state index contributed by atoms with van der Waals surface area (Å²) >= 11 is 0. The van der Waals surface area contributed by atoms with Crippen molar-refractivity contribution in [3.8, 4) is 0 Å². The normalized spacial score (nSPS) is 26.1. The molecule has 3 fully saturated rings. The smallest absolute Gasteiger partial charge is 0.227 e. The first kappa shape index (κ1) is 17.7. The number of likely N-dealkylation sites (tertiary alicyclic amines) is 1. The molecule has 142 valence electrons. The average molecular weight is 359 g/mol. The maximum Gasteiger partial charge on any atom is 0.227 e. The number of carbonyl (C=O) groups excluding carboxylic acids is 1. The SMILES string of the molecule is O=C(C1CCCN(C2CCOCC2)C1)N1CCN(c2cnccn2)CC1. The molecular formula is C19H29N5O2. The molecule has 1 atom stereocenters. The summed E-state index contributed by atoms with van der Waals surface area (Å²) < 4.78 is 5.49. The van der Waals surface area contributed by atoms with Gasteiger partial charge in [-0.3, -0.25) is 14.7 Å². The number of hydrogen-bond donors (Lipinski definition) is 0. The van der Waals surface area contributed by atoms with Crippen molar-refractivity contribution in [2.75, 3.05) is 57.4 Å². The molecule has 3 aliphatic heterocycles. The van der Waals surface area contributed by atoms with Gasteiger partial charge in [0.25, 0.3) is 0 Å². The molecule has 7 heteroatoms. The van der Waals surface area contributed by atoms with E-state index in [9.17, 15) is 4.79 Å². The summed E-state index contributed by atoms with van der Waals surface area (Å²) in [4.78, 5) is 28.4. The summed E-state index contributed by atoms with van der Waals surface area (Å²) in [6.45, 7) is 7.02. The zero-order valence-electron chi connectivity index (χ0n) is 15.4. The minimum Gasteiger partial charge on any atom is -0.381 e. The molecule has 0 bridgehead atoms. The molecule has 26 heavy (non-hydrogen) atoms. The number of ether oxygens (including phenoxy) is 1. The Bertz CT molecular complexity index is 585. The molecule has 0 radical (unpaired) electrons. The quantitative estimate of drug-likeness (QED) is 0.803. The van der Waals surface area contributed by atoms with Gasteiger partial charge >= 0.3 is 0 Å². The second-order valence-electron chi connectivity index (χ2n) is 7.55. The highest BCUT2D eigenvalue weighted by molar-refractivity contribution is 5.79. The lowest BCUT2D eigenvalue weighted by atomic mass is 9.93. The van der Waals surface area contributed by atoms with E-state index >= 15 is 0 Å². The Morgan fingerprint density at radius 3 is 2.58 bits per heavy atom. The second-order valence-corrected chi connectivity index (χ2v) is 7.55. The molecule has 3 saturated heterocycles. The van der Waals surface area contributed by atoms with Crippen LogP contribution in [-0.2, 0) is 9.53 Å². The van der Waals surface area contributed by atoms with E-state index in [4.69, 9.17) is 4.74 Å². The summed E-state index contributed by atoms with van der Waals surface area (Å²) in [5, 5.41) is 0. The van der Waals surface area contributed by atoms with Crippen LogP contribution in [0.5, 0.6) is 0 Å². The average Bonchev–Trinajstić information content (AvgIpc) is 2.75. The van der Waals surface area contributed by atoms with Gasteiger partial charge in [-0.05, 0) is 32.2 Å².